The Hall–Kier alpha value is -1.39. The molecular weight excluding hydrogens is 260 g/mol. The van der Waals surface area contributed by atoms with E-state index in [1.54, 1.807) is 0 Å². The highest BCUT2D eigenvalue weighted by Gasteiger charge is 2.42. The predicted molar refractivity (Wildman–Crippen MR) is 62.2 cm³/mol. The third-order valence-electron chi connectivity index (χ3n) is 3.69. The fraction of sp³-hybridized carbons (Fsp3) is 0.500. The highest BCUT2D eigenvalue weighted by Crippen LogP contribution is 2.40. The summed E-state index contributed by atoms with van der Waals surface area (Å²) < 4.78 is 50.3. The van der Waals surface area contributed by atoms with Gasteiger partial charge in [-0.3, -0.25) is 4.79 Å². The van der Waals surface area contributed by atoms with Crippen molar-refractivity contribution in [2.45, 2.75) is 31.9 Å². The van der Waals surface area contributed by atoms with Gasteiger partial charge in [-0.25, -0.2) is 4.39 Å². The first-order chi connectivity index (χ1) is 8.88. The maximum atomic E-state index is 12.7. The molecule has 1 aliphatic carbocycles. The predicted octanol–water partition coefficient (Wildman–Crippen LogP) is 4.38. The molecule has 1 saturated carbocycles. The summed E-state index contributed by atoms with van der Waals surface area (Å²) in [4.78, 5) is 12.1. The molecule has 0 aliphatic heterocycles. The topological polar surface area (TPSA) is 17.1 Å². The first-order valence-corrected chi connectivity index (χ1v) is 6.24. The molecular formula is C14H14F4O. The van der Waals surface area contributed by atoms with Crippen LogP contribution in [-0.4, -0.2) is 12.0 Å². The van der Waals surface area contributed by atoms with Crippen molar-refractivity contribution in [2.24, 2.45) is 11.8 Å². The van der Waals surface area contributed by atoms with Gasteiger partial charge in [0, 0.05) is 11.5 Å². The van der Waals surface area contributed by atoms with Gasteiger partial charge in [-0.1, -0.05) is 0 Å². The quantitative estimate of drug-likeness (QED) is 0.578. The summed E-state index contributed by atoms with van der Waals surface area (Å²) in [6.45, 7) is 0. The molecule has 0 heterocycles. The van der Waals surface area contributed by atoms with Crippen molar-refractivity contribution in [2.75, 3.05) is 0 Å². The third-order valence-corrected chi connectivity index (χ3v) is 3.69. The molecule has 1 nitrogen and oxygen atoms in total. The van der Waals surface area contributed by atoms with Gasteiger partial charge in [-0.15, -0.1) is 0 Å². The van der Waals surface area contributed by atoms with Crippen LogP contribution in [0.3, 0.4) is 0 Å². The molecule has 19 heavy (non-hydrogen) atoms. The van der Waals surface area contributed by atoms with E-state index in [0.29, 0.717) is 5.56 Å². The zero-order chi connectivity index (χ0) is 14.0. The first kappa shape index (κ1) is 14.0. The molecule has 0 aromatic heterocycles. The fourth-order valence-corrected chi connectivity index (χ4v) is 2.53. The Morgan fingerprint density at radius 3 is 2.00 bits per heavy atom. The number of carbonyl (C=O) groups excluding carboxylic acids is 1. The van der Waals surface area contributed by atoms with Gasteiger partial charge in [-0.2, -0.15) is 13.2 Å². The van der Waals surface area contributed by atoms with Crippen molar-refractivity contribution in [1.29, 1.82) is 0 Å². The van der Waals surface area contributed by atoms with Gasteiger partial charge in [0.15, 0.2) is 5.78 Å². The lowest BCUT2D eigenvalue weighted by Gasteiger charge is -2.29. The maximum Gasteiger partial charge on any atom is 0.391 e. The second-order valence-electron chi connectivity index (χ2n) is 4.96. The largest absolute Gasteiger partial charge is 0.391 e. The number of rotatable bonds is 2. The summed E-state index contributed by atoms with van der Waals surface area (Å²) in [6.07, 6.45) is -3.66. The number of hydrogen-bond acceptors (Lipinski definition) is 1. The number of halogens is 4. The minimum absolute atomic E-state index is 0.00109. The second kappa shape index (κ2) is 5.31. The molecule has 1 aliphatic rings. The number of carbonyl (C=O) groups is 1. The molecule has 0 amide bonds. The van der Waals surface area contributed by atoms with Gasteiger partial charge in [0.25, 0.3) is 0 Å². The van der Waals surface area contributed by atoms with Crippen LogP contribution in [0.15, 0.2) is 24.3 Å². The smallest absolute Gasteiger partial charge is 0.294 e. The lowest BCUT2D eigenvalue weighted by atomic mass is 9.78. The third kappa shape index (κ3) is 3.33. The molecule has 0 N–H and O–H groups in total. The van der Waals surface area contributed by atoms with E-state index in [2.05, 4.69) is 0 Å². The molecule has 1 aromatic carbocycles. The van der Waals surface area contributed by atoms with Crippen LogP contribution in [0, 0.1) is 17.7 Å². The Balaban J connectivity index is 1.98. The number of ketones is 1. The van der Waals surface area contributed by atoms with E-state index in [0.717, 1.165) is 0 Å². The van der Waals surface area contributed by atoms with Crippen LogP contribution in [-0.2, 0) is 0 Å². The molecule has 1 aromatic rings. The van der Waals surface area contributed by atoms with Gasteiger partial charge >= 0.3 is 6.18 Å². The van der Waals surface area contributed by atoms with Crippen molar-refractivity contribution in [3.63, 3.8) is 0 Å². The van der Waals surface area contributed by atoms with Gasteiger partial charge in [0.05, 0.1) is 5.92 Å². The fourth-order valence-electron chi connectivity index (χ4n) is 2.53. The van der Waals surface area contributed by atoms with E-state index in [9.17, 15) is 22.4 Å². The summed E-state index contributed by atoms with van der Waals surface area (Å²) in [5, 5.41) is 0. The normalized spacial score (nSPS) is 24.2. The minimum Gasteiger partial charge on any atom is -0.294 e. The van der Waals surface area contributed by atoms with Crippen molar-refractivity contribution in [1.82, 2.24) is 0 Å². The molecule has 1 fully saturated rings. The summed E-state index contributed by atoms with van der Waals surface area (Å²) in [5.41, 5.74) is 0.372. The van der Waals surface area contributed by atoms with Crippen LogP contribution in [0.1, 0.15) is 36.0 Å². The number of benzene rings is 1. The zero-order valence-electron chi connectivity index (χ0n) is 10.2. The molecule has 104 valence electrons. The van der Waals surface area contributed by atoms with Crippen molar-refractivity contribution in [3.05, 3.63) is 35.6 Å². The van der Waals surface area contributed by atoms with Crippen molar-refractivity contribution in [3.8, 4) is 0 Å². The number of alkyl halides is 3. The maximum absolute atomic E-state index is 12.7. The molecule has 0 unspecified atom stereocenters. The van der Waals surface area contributed by atoms with Crippen LogP contribution in [0.5, 0.6) is 0 Å². The first-order valence-electron chi connectivity index (χ1n) is 6.24. The molecule has 0 saturated heterocycles. The van der Waals surface area contributed by atoms with Gasteiger partial charge in [-0.05, 0) is 49.9 Å². The zero-order valence-corrected chi connectivity index (χ0v) is 10.2. The minimum atomic E-state index is -4.16. The summed E-state index contributed by atoms with van der Waals surface area (Å²) in [7, 11) is 0. The lowest BCUT2D eigenvalue weighted by molar-refractivity contribution is -0.183. The molecule has 0 spiro atoms. The van der Waals surface area contributed by atoms with Crippen molar-refractivity contribution >= 4 is 5.78 Å². The van der Waals surface area contributed by atoms with Gasteiger partial charge < -0.3 is 0 Å². The van der Waals surface area contributed by atoms with Crippen molar-refractivity contribution < 1.29 is 22.4 Å². The van der Waals surface area contributed by atoms with E-state index in [-0.39, 0.29) is 37.4 Å². The SMILES string of the molecule is O=C(c1ccc(F)cc1)C1CCC(C(F)(F)F)CC1. The van der Waals surface area contributed by atoms with Crippen LogP contribution >= 0.6 is 0 Å². The van der Waals surface area contributed by atoms with E-state index in [1.807, 2.05) is 0 Å². The lowest BCUT2D eigenvalue weighted by Crippen LogP contribution is -2.30. The molecule has 0 radical (unpaired) electrons. The second-order valence-corrected chi connectivity index (χ2v) is 4.96. The Bertz CT molecular complexity index is 442. The average Bonchev–Trinajstić information content (AvgIpc) is 2.38. The van der Waals surface area contributed by atoms with Gasteiger partial charge in [0.1, 0.15) is 5.82 Å². The molecule has 2 rings (SSSR count). The van der Waals surface area contributed by atoms with E-state index in [1.165, 1.54) is 24.3 Å². The average molecular weight is 274 g/mol. The Morgan fingerprint density at radius 1 is 1.00 bits per heavy atom. The van der Waals surface area contributed by atoms with Crippen LogP contribution in [0.4, 0.5) is 17.6 Å². The molecule has 0 bridgehead atoms. The standard InChI is InChI=1S/C14H14F4O/c15-12-7-3-10(4-8-12)13(19)9-1-5-11(6-2-9)14(16,17)18/h3-4,7-9,11H,1-2,5-6H2. The highest BCUT2D eigenvalue weighted by molar-refractivity contribution is 5.97. The summed E-state index contributed by atoms with van der Waals surface area (Å²) in [5.74, 6) is -2.27. The summed E-state index contributed by atoms with van der Waals surface area (Å²) >= 11 is 0. The number of hydrogen-bond donors (Lipinski definition) is 0. The van der Waals surface area contributed by atoms with E-state index in [4.69, 9.17) is 0 Å². The van der Waals surface area contributed by atoms with Crippen LogP contribution < -0.4 is 0 Å². The number of Topliss-reactive ketones (excluding diaryl/α,β-unsaturated/α-hetero) is 1. The van der Waals surface area contributed by atoms with Crippen LogP contribution in [0.25, 0.3) is 0 Å². The Labute approximate surface area is 108 Å². The Morgan fingerprint density at radius 2 is 1.53 bits per heavy atom. The molecule has 5 heteroatoms. The van der Waals surface area contributed by atoms with E-state index >= 15 is 0 Å². The Kier molecular flexibility index (Phi) is 3.92. The molecule has 0 atom stereocenters. The highest BCUT2D eigenvalue weighted by atomic mass is 19.4. The van der Waals surface area contributed by atoms with Crippen LogP contribution in [0.2, 0.25) is 0 Å². The van der Waals surface area contributed by atoms with Gasteiger partial charge in [0.2, 0.25) is 0 Å². The monoisotopic (exact) mass is 274 g/mol. The van der Waals surface area contributed by atoms with E-state index < -0.39 is 17.9 Å². The summed E-state index contributed by atoms with van der Waals surface area (Å²) in [6, 6.07) is 5.14.